The molecule has 4 nitrogen and oxygen atoms in total. The van der Waals surface area contributed by atoms with Crippen LogP contribution in [-0.4, -0.2) is 21.1 Å². The van der Waals surface area contributed by atoms with E-state index in [1.165, 1.54) is 0 Å². The second-order valence-corrected chi connectivity index (χ2v) is 4.35. The highest BCUT2D eigenvalue weighted by Crippen LogP contribution is 2.40. The van der Waals surface area contributed by atoms with Gasteiger partial charge in [0, 0.05) is 0 Å². The van der Waals surface area contributed by atoms with Gasteiger partial charge in [-0.3, -0.25) is 4.79 Å². The highest BCUT2D eigenvalue weighted by molar-refractivity contribution is 6.20. The minimum Gasteiger partial charge on any atom is -0.294 e. The van der Waals surface area contributed by atoms with Gasteiger partial charge < -0.3 is 0 Å². The van der Waals surface area contributed by atoms with E-state index in [0.29, 0.717) is 18.5 Å². The van der Waals surface area contributed by atoms with Crippen LogP contribution in [0.1, 0.15) is 41.2 Å². The summed E-state index contributed by atoms with van der Waals surface area (Å²) in [5.41, 5.74) is 1.01. The van der Waals surface area contributed by atoms with Crippen LogP contribution in [0.3, 0.4) is 0 Å². The number of aromatic nitrogens is 3. The first-order valence-corrected chi connectivity index (χ1v) is 5.66. The van der Waals surface area contributed by atoms with Gasteiger partial charge >= 0.3 is 0 Å². The molecule has 1 aliphatic heterocycles. The molecule has 0 spiro atoms. The number of hydrogen-bond acceptors (Lipinski definition) is 3. The van der Waals surface area contributed by atoms with Crippen molar-refractivity contribution in [1.82, 2.24) is 14.8 Å². The van der Waals surface area contributed by atoms with Crippen molar-refractivity contribution in [3.63, 3.8) is 0 Å². The van der Waals surface area contributed by atoms with Gasteiger partial charge in [0.15, 0.2) is 6.29 Å². The molecular weight excluding hydrogens is 238 g/mol. The largest absolute Gasteiger partial charge is 0.294 e. The molecule has 2 atom stereocenters. The lowest BCUT2D eigenvalue weighted by Gasteiger charge is -2.11. The Morgan fingerprint density at radius 2 is 2.24 bits per heavy atom. The van der Waals surface area contributed by atoms with Crippen LogP contribution in [0.25, 0.3) is 0 Å². The quantitative estimate of drug-likeness (QED) is 0.606. The van der Waals surface area contributed by atoms with Crippen molar-refractivity contribution in [2.45, 2.75) is 17.8 Å². The van der Waals surface area contributed by atoms with Crippen LogP contribution >= 0.6 is 11.6 Å². The van der Waals surface area contributed by atoms with Crippen LogP contribution in [-0.2, 0) is 0 Å². The van der Waals surface area contributed by atoms with Crippen molar-refractivity contribution in [1.29, 1.82) is 0 Å². The molecule has 0 amide bonds. The van der Waals surface area contributed by atoms with Gasteiger partial charge in [0.05, 0.1) is 12.8 Å². The van der Waals surface area contributed by atoms with Crippen LogP contribution < -0.4 is 0 Å². The van der Waals surface area contributed by atoms with Gasteiger partial charge in [0.1, 0.15) is 5.82 Å². The summed E-state index contributed by atoms with van der Waals surface area (Å²) in [4.78, 5) is 14.7. The van der Waals surface area contributed by atoms with E-state index < -0.39 is 5.35 Å². The third-order valence-corrected chi connectivity index (χ3v) is 3.17. The zero-order chi connectivity index (χ0) is 12.8. The molecule has 0 saturated carbocycles. The maximum absolute atomic E-state index is 10.7. The Bertz CT molecular complexity index is 597. The average Bonchev–Trinajstić information content (AvgIpc) is 2.90. The molecule has 0 radical (unpaired) electrons. The average molecular weight is 249 g/mol. The fourth-order valence-corrected chi connectivity index (χ4v) is 2.35. The molecule has 0 N–H and O–H groups in total. The van der Waals surface area contributed by atoms with E-state index in [9.17, 15) is 4.79 Å². The molecule has 0 aliphatic carbocycles. The Labute approximate surface area is 105 Å². The van der Waals surface area contributed by atoms with Crippen molar-refractivity contribution in [3.8, 4) is 0 Å². The SMILES string of the molecule is [2H][C@@]1(Cl)C[C@@H](c2ccccc2)n2nc(C=O)nc21. The summed E-state index contributed by atoms with van der Waals surface area (Å²) in [6, 6.07) is 9.53. The molecule has 1 aromatic heterocycles. The first kappa shape index (κ1) is 9.36. The van der Waals surface area contributed by atoms with Crippen LogP contribution in [0.15, 0.2) is 30.3 Å². The van der Waals surface area contributed by atoms with Gasteiger partial charge in [0.2, 0.25) is 5.82 Å². The number of alkyl halides is 1. The van der Waals surface area contributed by atoms with Gasteiger partial charge in [-0.1, -0.05) is 30.3 Å². The predicted molar refractivity (Wildman–Crippen MR) is 63.2 cm³/mol. The summed E-state index contributed by atoms with van der Waals surface area (Å²) in [5.74, 6) is 0.406. The lowest BCUT2D eigenvalue weighted by Crippen LogP contribution is -2.07. The number of nitrogens with zero attached hydrogens (tertiary/aromatic N) is 3. The van der Waals surface area contributed by atoms with Crippen LogP contribution in [0.5, 0.6) is 0 Å². The van der Waals surface area contributed by atoms with E-state index in [-0.39, 0.29) is 11.9 Å². The smallest absolute Gasteiger partial charge is 0.214 e. The van der Waals surface area contributed by atoms with Crippen molar-refractivity contribution >= 4 is 17.9 Å². The van der Waals surface area contributed by atoms with E-state index in [1.807, 2.05) is 30.3 Å². The first-order chi connectivity index (χ1) is 8.62. The number of halogens is 1. The summed E-state index contributed by atoms with van der Waals surface area (Å²) in [7, 11) is 0. The number of benzene rings is 1. The number of rotatable bonds is 2. The summed E-state index contributed by atoms with van der Waals surface area (Å²) in [6.07, 6.45) is 0.966. The monoisotopic (exact) mass is 248 g/mol. The standard InChI is InChI=1S/C12H10ClN3O/c13-9-6-10(8-4-2-1-3-5-8)16-12(9)14-11(7-17)15-16/h1-5,7,9-10H,6H2/t9-,10+/m1/s1/i9D. The highest BCUT2D eigenvalue weighted by atomic mass is 35.5. The number of carbonyl (C=O) groups excluding carboxylic acids is 1. The fraction of sp³-hybridized carbons (Fsp3) is 0.250. The molecule has 3 rings (SSSR count). The van der Waals surface area contributed by atoms with E-state index >= 15 is 0 Å². The zero-order valence-electron chi connectivity index (χ0n) is 9.88. The summed E-state index contributed by atoms with van der Waals surface area (Å²) < 4.78 is 9.64. The van der Waals surface area contributed by atoms with E-state index in [1.54, 1.807) is 4.68 Å². The summed E-state index contributed by atoms with van der Waals surface area (Å²) in [6.45, 7) is 0. The van der Waals surface area contributed by atoms with Crippen molar-refractivity contribution in [3.05, 3.63) is 47.5 Å². The maximum Gasteiger partial charge on any atom is 0.214 e. The molecule has 0 unspecified atom stereocenters. The highest BCUT2D eigenvalue weighted by Gasteiger charge is 2.33. The second kappa shape index (κ2) is 3.96. The minimum atomic E-state index is -1.32. The van der Waals surface area contributed by atoms with Gasteiger partial charge in [-0.15, -0.1) is 16.7 Å². The van der Waals surface area contributed by atoms with Crippen LogP contribution in [0, 0.1) is 0 Å². The number of carbonyl (C=O) groups is 1. The molecule has 0 bridgehead atoms. The molecular formula is C12H10ClN3O. The molecule has 2 heterocycles. The van der Waals surface area contributed by atoms with E-state index in [4.69, 9.17) is 13.0 Å². The predicted octanol–water partition coefficient (Wildman–Crippen LogP) is 2.36. The van der Waals surface area contributed by atoms with Gasteiger partial charge in [-0.2, -0.15) is 0 Å². The maximum atomic E-state index is 10.7. The molecule has 2 aromatic rings. The normalized spacial score (nSPS) is 27.6. The van der Waals surface area contributed by atoms with Crippen molar-refractivity contribution < 1.29 is 6.17 Å². The zero-order valence-corrected chi connectivity index (χ0v) is 9.63. The Balaban J connectivity index is 2.11. The number of fused-ring (bicyclic) bond motifs is 1. The number of aldehydes is 1. The topological polar surface area (TPSA) is 47.8 Å². The second-order valence-electron chi connectivity index (χ2n) is 3.89. The molecule has 5 heteroatoms. The molecule has 17 heavy (non-hydrogen) atoms. The summed E-state index contributed by atoms with van der Waals surface area (Å²) >= 11 is 6.14. The Kier molecular flexibility index (Phi) is 2.18. The van der Waals surface area contributed by atoms with E-state index in [0.717, 1.165) is 5.56 Å². The third kappa shape index (κ3) is 1.65. The first-order valence-electron chi connectivity index (χ1n) is 5.78. The van der Waals surface area contributed by atoms with E-state index in [2.05, 4.69) is 10.1 Å². The summed E-state index contributed by atoms with van der Waals surface area (Å²) in [5, 5.41) is 2.77. The molecule has 1 aliphatic rings. The molecule has 86 valence electrons. The minimum absolute atomic E-state index is 0.0721. The Morgan fingerprint density at radius 1 is 1.47 bits per heavy atom. The van der Waals surface area contributed by atoms with Crippen LogP contribution in [0.2, 0.25) is 0 Å². The molecule has 1 aromatic carbocycles. The Morgan fingerprint density at radius 3 is 2.94 bits per heavy atom. The Hall–Kier alpha value is -1.68. The van der Waals surface area contributed by atoms with Crippen molar-refractivity contribution in [2.24, 2.45) is 0 Å². The molecule has 0 fully saturated rings. The lowest BCUT2D eigenvalue weighted by atomic mass is 10.1. The van der Waals surface area contributed by atoms with Crippen LogP contribution in [0.4, 0.5) is 0 Å². The van der Waals surface area contributed by atoms with Gasteiger partial charge in [0.25, 0.3) is 0 Å². The van der Waals surface area contributed by atoms with Gasteiger partial charge in [-0.25, -0.2) is 9.67 Å². The number of hydrogen-bond donors (Lipinski definition) is 0. The molecule has 0 saturated heterocycles. The fourth-order valence-electron chi connectivity index (χ4n) is 2.07. The van der Waals surface area contributed by atoms with Gasteiger partial charge in [-0.05, 0) is 12.0 Å². The third-order valence-electron chi connectivity index (χ3n) is 2.85. The van der Waals surface area contributed by atoms with Crippen molar-refractivity contribution in [2.75, 3.05) is 0 Å². The lowest BCUT2D eigenvalue weighted by molar-refractivity contribution is 0.111.